The molecule has 1 fully saturated rings. The summed E-state index contributed by atoms with van der Waals surface area (Å²) in [6.45, 7) is 4.84. The lowest BCUT2D eigenvalue weighted by Crippen LogP contribution is -2.46. The number of rotatable bonds is 7. The van der Waals surface area contributed by atoms with Crippen LogP contribution < -0.4 is 20.9 Å². The monoisotopic (exact) mass is 441 g/mol. The Morgan fingerprint density at radius 2 is 1.65 bits per heavy atom. The molecule has 4 N–H and O–H groups in total. The first-order valence-corrected chi connectivity index (χ1v) is 10.8. The van der Waals surface area contributed by atoms with Gasteiger partial charge in [-0.25, -0.2) is 4.79 Å². The van der Waals surface area contributed by atoms with Crippen LogP contribution in [0.1, 0.15) is 33.1 Å². The van der Waals surface area contributed by atoms with Crippen molar-refractivity contribution in [2.24, 2.45) is 5.92 Å². The van der Waals surface area contributed by atoms with E-state index in [9.17, 15) is 9.59 Å². The fourth-order valence-electron chi connectivity index (χ4n) is 3.48. The molecule has 3 rings (SSSR count). The highest BCUT2D eigenvalue weighted by molar-refractivity contribution is 6.30. The van der Waals surface area contributed by atoms with Gasteiger partial charge in [-0.2, -0.15) is 0 Å². The zero-order valence-electron chi connectivity index (χ0n) is 17.7. The summed E-state index contributed by atoms with van der Waals surface area (Å²) in [6, 6.07) is 13.1. The van der Waals surface area contributed by atoms with E-state index >= 15 is 0 Å². The summed E-state index contributed by atoms with van der Waals surface area (Å²) >= 11 is 5.87. The number of carbonyl (C=O) groups excluding carboxylic acids is 2. The molecule has 0 saturated carbocycles. The van der Waals surface area contributed by atoms with Crippen LogP contribution in [-0.2, 0) is 4.79 Å². The second-order valence-electron chi connectivity index (χ2n) is 8.03. The molecule has 7 nitrogen and oxygen atoms in total. The number of nitrogens with zero attached hydrogens (tertiary/aromatic N) is 1. The maximum Gasteiger partial charge on any atom is 0.319 e. The van der Waals surface area contributed by atoms with Gasteiger partial charge in [-0.3, -0.25) is 10.2 Å². The highest BCUT2D eigenvalue weighted by Gasteiger charge is 2.23. The van der Waals surface area contributed by atoms with Crippen molar-refractivity contribution < 1.29 is 9.59 Å². The minimum Gasteiger partial charge on any atom is -0.330 e. The van der Waals surface area contributed by atoms with Crippen LogP contribution >= 0.6 is 11.6 Å². The molecule has 1 aliphatic rings. The molecular formula is C23H28ClN5O2. The van der Waals surface area contributed by atoms with Gasteiger partial charge in [-0.1, -0.05) is 25.4 Å². The van der Waals surface area contributed by atoms with Crippen molar-refractivity contribution in [3.8, 4) is 0 Å². The summed E-state index contributed by atoms with van der Waals surface area (Å²) in [7, 11) is 0. The molecule has 1 atom stereocenters. The Morgan fingerprint density at radius 3 is 2.23 bits per heavy atom. The van der Waals surface area contributed by atoms with Crippen LogP contribution in [0, 0.1) is 11.3 Å². The number of urea groups is 1. The van der Waals surface area contributed by atoms with E-state index in [1.807, 2.05) is 43.0 Å². The minimum absolute atomic E-state index is 0.218. The summed E-state index contributed by atoms with van der Waals surface area (Å²) in [6.07, 6.45) is 2.28. The molecule has 0 radical (unpaired) electrons. The third-order valence-corrected chi connectivity index (χ3v) is 5.25. The van der Waals surface area contributed by atoms with Gasteiger partial charge in [0.15, 0.2) is 0 Å². The van der Waals surface area contributed by atoms with Crippen LogP contribution in [0.5, 0.6) is 0 Å². The van der Waals surface area contributed by atoms with Gasteiger partial charge in [0.05, 0.1) is 0 Å². The van der Waals surface area contributed by atoms with Crippen molar-refractivity contribution in [3.05, 3.63) is 53.6 Å². The van der Waals surface area contributed by atoms with E-state index in [1.165, 1.54) is 0 Å². The average molecular weight is 442 g/mol. The number of amides is 3. The number of amidine groups is 1. The fourth-order valence-corrected chi connectivity index (χ4v) is 3.60. The first-order valence-electron chi connectivity index (χ1n) is 10.4. The molecule has 8 heteroatoms. The lowest BCUT2D eigenvalue weighted by molar-refractivity contribution is -0.118. The molecule has 1 saturated heterocycles. The highest BCUT2D eigenvalue weighted by Crippen LogP contribution is 2.23. The van der Waals surface area contributed by atoms with Gasteiger partial charge < -0.3 is 20.9 Å². The smallest absolute Gasteiger partial charge is 0.319 e. The van der Waals surface area contributed by atoms with Gasteiger partial charge in [0.1, 0.15) is 11.9 Å². The molecule has 0 spiro atoms. The summed E-state index contributed by atoms with van der Waals surface area (Å²) in [5.74, 6) is 0.557. The number of benzene rings is 2. The number of hydrogen-bond donors (Lipinski definition) is 4. The highest BCUT2D eigenvalue weighted by atomic mass is 35.5. The molecule has 164 valence electrons. The standard InChI is InChI=1S/C23H28ClN5O2/c1-15(2)14-20(28-23(31)27-18-7-5-16(24)6-8-18)22(30)26-17-9-11-19(12-10-17)29-13-3-4-21(29)25/h5-12,15,20,25H,3-4,13-14H2,1-2H3,(H,26,30)(H2,27,28,31). The fraction of sp³-hybridized carbons (Fsp3) is 0.348. The number of hydrogen-bond acceptors (Lipinski definition) is 3. The second kappa shape index (κ2) is 10.3. The van der Waals surface area contributed by atoms with Gasteiger partial charge in [0, 0.05) is 35.1 Å². The van der Waals surface area contributed by atoms with Crippen LogP contribution in [-0.4, -0.2) is 30.4 Å². The van der Waals surface area contributed by atoms with Crippen molar-refractivity contribution in [2.45, 2.75) is 39.2 Å². The summed E-state index contributed by atoms with van der Waals surface area (Å²) < 4.78 is 0. The Kier molecular flexibility index (Phi) is 7.52. The van der Waals surface area contributed by atoms with Gasteiger partial charge in [-0.05, 0) is 67.3 Å². The van der Waals surface area contributed by atoms with Crippen molar-refractivity contribution >= 4 is 46.4 Å². The van der Waals surface area contributed by atoms with E-state index in [0.29, 0.717) is 28.7 Å². The molecule has 31 heavy (non-hydrogen) atoms. The number of carbonyl (C=O) groups is 2. The Labute approximate surface area is 187 Å². The molecular weight excluding hydrogens is 414 g/mol. The van der Waals surface area contributed by atoms with Gasteiger partial charge in [-0.15, -0.1) is 0 Å². The SMILES string of the molecule is CC(C)CC(NC(=O)Nc1ccc(Cl)cc1)C(=O)Nc1ccc(N2CCCC2=N)cc1. The number of anilines is 3. The van der Waals surface area contributed by atoms with Gasteiger partial charge >= 0.3 is 6.03 Å². The maximum atomic E-state index is 12.9. The lowest BCUT2D eigenvalue weighted by atomic mass is 10.0. The molecule has 3 amide bonds. The second-order valence-corrected chi connectivity index (χ2v) is 8.46. The lowest BCUT2D eigenvalue weighted by Gasteiger charge is -2.21. The molecule has 2 aromatic carbocycles. The molecule has 2 aromatic rings. The van der Waals surface area contributed by atoms with Crippen molar-refractivity contribution in [3.63, 3.8) is 0 Å². The Hall–Kier alpha value is -3.06. The maximum absolute atomic E-state index is 12.9. The third-order valence-electron chi connectivity index (χ3n) is 5.00. The molecule has 1 heterocycles. The van der Waals surface area contributed by atoms with Crippen LogP contribution in [0.25, 0.3) is 0 Å². The van der Waals surface area contributed by atoms with Crippen molar-refractivity contribution in [1.29, 1.82) is 5.41 Å². The van der Waals surface area contributed by atoms with Crippen LogP contribution in [0.2, 0.25) is 5.02 Å². The summed E-state index contributed by atoms with van der Waals surface area (Å²) in [5.41, 5.74) is 2.18. The van der Waals surface area contributed by atoms with Crippen LogP contribution in [0.3, 0.4) is 0 Å². The van der Waals surface area contributed by atoms with E-state index in [0.717, 1.165) is 25.1 Å². The third kappa shape index (κ3) is 6.46. The largest absolute Gasteiger partial charge is 0.330 e. The van der Waals surface area contributed by atoms with E-state index in [2.05, 4.69) is 16.0 Å². The molecule has 0 aliphatic carbocycles. The predicted octanol–water partition coefficient (Wildman–Crippen LogP) is 5.09. The molecule has 1 unspecified atom stereocenters. The van der Waals surface area contributed by atoms with Crippen LogP contribution in [0.15, 0.2) is 48.5 Å². The van der Waals surface area contributed by atoms with Crippen molar-refractivity contribution in [1.82, 2.24) is 5.32 Å². The zero-order valence-corrected chi connectivity index (χ0v) is 18.5. The first-order chi connectivity index (χ1) is 14.8. The zero-order chi connectivity index (χ0) is 22.4. The van der Waals surface area contributed by atoms with Crippen molar-refractivity contribution in [2.75, 3.05) is 22.1 Å². The Balaban J connectivity index is 1.61. The average Bonchev–Trinajstić information content (AvgIpc) is 3.15. The number of nitrogens with one attached hydrogen (secondary N) is 4. The minimum atomic E-state index is -0.682. The number of halogens is 1. The van der Waals surface area contributed by atoms with E-state index < -0.39 is 12.1 Å². The summed E-state index contributed by atoms with van der Waals surface area (Å²) in [4.78, 5) is 27.2. The Morgan fingerprint density at radius 1 is 1.03 bits per heavy atom. The first kappa shape index (κ1) is 22.6. The Bertz CT molecular complexity index is 928. The van der Waals surface area contributed by atoms with Gasteiger partial charge in [0.25, 0.3) is 0 Å². The predicted molar refractivity (Wildman–Crippen MR) is 126 cm³/mol. The molecule has 0 bridgehead atoms. The van der Waals surface area contributed by atoms with Gasteiger partial charge in [0.2, 0.25) is 5.91 Å². The van der Waals surface area contributed by atoms with E-state index in [-0.39, 0.29) is 11.8 Å². The molecule has 0 aromatic heterocycles. The van der Waals surface area contributed by atoms with E-state index in [1.54, 1.807) is 24.3 Å². The van der Waals surface area contributed by atoms with E-state index in [4.69, 9.17) is 17.0 Å². The summed E-state index contributed by atoms with van der Waals surface area (Å²) in [5, 5.41) is 16.9. The molecule has 1 aliphatic heterocycles. The normalized spacial score (nSPS) is 14.5. The van der Waals surface area contributed by atoms with Crippen LogP contribution in [0.4, 0.5) is 21.9 Å². The quantitative estimate of drug-likeness (QED) is 0.481. The topological polar surface area (TPSA) is 97.3 Å².